The van der Waals surface area contributed by atoms with Gasteiger partial charge in [-0.3, -0.25) is 0 Å². The first kappa shape index (κ1) is 16.5. The first-order chi connectivity index (χ1) is 11.2. The molecule has 1 aromatic heterocycles. The van der Waals surface area contributed by atoms with E-state index in [1.165, 1.54) is 10.9 Å². The second-order valence-corrected chi connectivity index (χ2v) is 6.49. The zero-order valence-electron chi connectivity index (χ0n) is 13.9. The van der Waals surface area contributed by atoms with Crippen molar-refractivity contribution in [2.24, 2.45) is 0 Å². The summed E-state index contributed by atoms with van der Waals surface area (Å²) in [6, 6.07) is 8.10. The number of fused-ring (bicyclic) bond motifs is 1. The minimum absolute atomic E-state index is 0.264. The quantitative estimate of drug-likeness (QED) is 0.843. The van der Waals surface area contributed by atoms with Crippen molar-refractivity contribution >= 4 is 10.9 Å². The van der Waals surface area contributed by atoms with E-state index in [1.54, 1.807) is 4.57 Å². The fourth-order valence-corrected chi connectivity index (χ4v) is 3.38. The number of likely N-dealkylation sites (N-methyl/N-ethyl adjacent to an activating group) is 1. The predicted octanol–water partition coefficient (Wildman–Crippen LogP) is 1.30. The number of aromatic nitrogens is 1. The van der Waals surface area contributed by atoms with Crippen molar-refractivity contribution in [3.8, 4) is 0 Å². The standard InChI is InChI=1S/C18H27N3O2/c1-19-9-11-20(12-10-19)8-4-5-15-13-21(18(23)14-22)17-7-3-2-6-16(15)17/h2-3,6-7,13,18,22-23H,4-5,8-12,14H2,1H3. The SMILES string of the molecule is CN1CCN(CCCc2cn(C(O)CO)c3ccccc23)CC1. The van der Waals surface area contributed by atoms with E-state index in [1.807, 2.05) is 24.4 Å². The monoisotopic (exact) mass is 317 g/mol. The molecule has 2 heterocycles. The van der Waals surface area contributed by atoms with Crippen molar-refractivity contribution in [3.05, 3.63) is 36.0 Å². The molecule has 3 rings (SSSR count). The Morgan fingerprint density at radius 3 is 2.61 bits per heavy atom. The Hall–Kier alpha value is -1.40. The summed E-state index contributed by atoms with van der Waals surface area (Å²) in [5, 5.41) is 20.4. The Bertz CT molecular complexity index is 632. The molecule has 1 saturated heterocycles. The van der Waals surface area contributed by atoms with E-state index in [9.17, 15) is 10.2 Å². The number of piperazine rings is 1. The smallest absolute Gasteiger partial charge is 0.154 e. The van der Waals surface area contributed by atoms with Gasteiger partial charge in [-0.2, -0.15) is 0 Å². The van der Waals surface area contributed by atoms with Crippen LogP contribution in [0.1, 0.15) is 18.2 Å². The number of aryl methyl sites for hydroxylation is 1. The van der Waals surface area contributed by atoms with Gasteiger partial charge in [0.15, 0.2) is 6.23 Å². The highest BCUT2D eigenvalue weighted by Crippen LogP contribution is 2.25. The topological polar surface area (TPSA) is 51.9 Å². The molecule has 0 amide bonds. The van der Waals surface area contributed by atoms with E-state index >= 15 is 0 Å². The number of benzene rings is 1. The average molecular weight is 317 g/mol. The molecule has 0 radical (unpaired) electrons. The van der Waals surface area contributed by atoms with Gasteiger partial charge in [0.2, 0.25) is 0 Å². The molecular formula is C18H27N3O2. The first-order valence-corrected chi connectivity index (χ1v) is 8.47. The second-order valence-electron chi connectivity index (χ2n) is 6.49. The van der Waals surface area contributed by atoms with E-state index in [0.29, 0.717) is 0 Å². The summed E-state index contributed by atoms with van der Waals surface area (Å²) in [4.78, 5) is 4.90. The van der Waals surface area contributed by atoms with Crippen LogP contribution in [0, 0.1) is 0 Å². The van der Waals surface area contributed by atoms with Gasteiger partial charge < -0.3 is 24.6 Å². The Kier molecular flexibility index (Phi) is 5.33. The number of para-hydroxylation sites is 1. The minimum Gasteiger partial charge on any atom is -0.392 e. The molecule has 2 aromatic rings. The first-order valence-electron chi connectivity index (χ1n) is 8.47. The van der Waals surface area contributed by atoms with Crippen LogP contribution in [0.3, 0.4) is 0 Å². The fourth-order valence-electron chi connectivity index (χ4n) is 3.38. The molecule has 1 atom stereocenters. The molecule has 0 bridgehead atoms. The van der Waals surface area contributed by atoms with E-state index in [0.717, 1.165) is 51.1 Å². The number of hydrogen-bond donors (Lipinski definition) is 2. The van der Waals surface area contributed by atoms with Crippen molar-refractivity contribution in [3.63, 3.8) is 0 Å². The molecule has 126 valence electrons. The largest absolute Gasteiger partial charge is 0.392 e. The number of rotatable bonds is 6. The van der Waals surface area contributed by atoms with Gasteiger partial charge in [-0.15, -0.1) is 0 Å². The van der Waals surface area contributed by atoms with Gasteiger partial charge >= 0.3 is 0 Å². The molecule has 0 spiro atoms. The van der Waals surface area contributed by atoms with Crippen molar-refractivity contribution < 1.29 is 10.2 Å². The van der Waals surface area contributed by atoms with Gasteiger partial charge in [0.25, 0.3) is 0 Å². The summed E-state index contributed by atoms with van der Waals surface area (Å²) in [6.45, 7) is 5.47. The lowest BCUT2D eigenvalue weighted by atomic mass is 10.1. The van der Waals surface area contributed by atoms with Gasteiger partial charge in [0.05, 0.1) is 12.1 Å². The maximum Gasteiger partial charge on any atom is 0.154 e. The minimum atomic E-state index is -0.869. The Balaban J connectivity index is 1.66. The maximum absolute atomic E-state index is 9.99. The zero-order chi connectivity index (χ0) is 16.2. The van der Waals surface area contributed by atoms with Crippen LogP contribution in [0.5, 0.6) is 0 Å². The number of nitrogens with zero attached hydrogens (tertiary/aromatic N) is 3. The van der Waals surface area contributed by atoms with E-state index in [4.69, 9.17) is 0 Å². The highest BCUT2D eigenvalue weighted by atomic mass is 16.3. The third-order valence-corrected chi connectivity index (χ3v) is 4.82. The highest BCUT2D eigenvalue weighted by molar-refractivity contribution is 5.84. The lowest BCUT2D eigenvalue weighted by Gasteiger charge is -2.32. The highest BCUT2D eigenvalue weighted by Gasteiger charge is 2.15. The molecule has 2 N–H and O–H groups in total. The number of hydrogen-bond acceptors (Lipinski definition) is 4. The van der Waals surface area contributed by atoms with Crippen molar-refractivity contribution in [2.75, 3.05) is 46.4 Å². The number of aliphatic hydroxyl groups is 2. The fraction of sp³-hybridized carbons (Fsp3) is 0.556. The summed E-state index contributed by atoms with van der Waals surface area (Å²) in [5.41, 5.74) is 2.24. The van der Waals surface area contributed by atoms with Crippen molar-refractivity contribution in [2.45, 2.75) is 19.1 Å². The zero-order valence-corrected chi connectivity index (χ0v) is 13.9. The molecule has 1 unspecified atom stereocenters. The van der Waals surface area contributed by atoms with Crippen LogP contribution in [0.25, 0.3) is 10.9 Å². The molecule has 0 aliphatic carbocycles. The molecule has 5 nitrogen and oxygen atoms in total. The summed E-state index contributed by atoms with van der Waals surface area (Å²) in [5.74, 6) is 0. The van der Waals surface area contributed by atoms with Crippen molar-refractivity contribution in [1.29, 1.82) is 0 Å². The molecule has 1 fully saturated rings. The van der Waals surface area contributed by atoms with Gasteiger partial charge in [0.1, 0.15) is 0 Å². The summed E-state index contributed by atoms with van der Waals surface area (Å²) >= 11 is 0. The van der Waals surface area contributed by atoms with Crippen LogP contribution in [0.2, 0.25) is 0 Å². The van der Waals surface area contributed by atoms with Crippen LogP contribution in [0.4, 0.5) is 0 Å². The van der Waals surface area contributed by atoms with Gasteiger partial charge in [-0.05, 0) is 38.1 Å². The number of aliphatic hydroxyl groups excluding tert-OH is 2. The van der Waals surface area contributed by atoms with Gasteiger partial charge in [-0.1, -0.05) is 18.2 Å². The van der Waals surface area contributed by atoms with Crippen molar-refractivity contribution in [1.82, 2.24) is 14.4 Å². The third-order valence-electron chi connectivity index (χ3n) is 4.82. The third kappa shape index (κ3) is 3.75. The van der Waals surface area contributed by atoms with E-state index < -0.39 is 6.23 Å². The van der Waals surface area contributed by atoms with Crippen LogP contribution in [-0.4, -0.2) is 71.0 Å². The summed E-state index contributed by atoms with van der Waals surface area (Å²) < 4.78 is 1.78. The molecule has 23 heavy (non-hydrogen) atoms. The normalized spacial score (nSPS) is 18.6. The lowest BCUT2D eigenvalue weighted by molar-refractivity contribution is 0.0426. The second kappa shape index (κ2) is 7.45. The van der Waals surface area contributed by atoms with Gasteiger partial charge in [0, 0.05) is 37.8 Å². The Labute approximate surface area is 137 Å². The maximum atomic E-state index is 9.99. The van der Waals surface area contributed by atoms with Crippen LogP contribution in [0.15, 0.2) is 30.5 Å². The Morgan fingerprint density at radius 2 is 1.87 bits per heavy atom. The van der Waals surface area contributed by atoms with E-state index in [-0.39, 0.29) is 6.61 Å². The predicted molar refractivity (Wildman–Crippen MR) is 92.5 cm³/mol. The lowest BCUT2D eigenvalue weighted by Crippen LogP contribution is -2.44. The summed E-state index contributed by atoms with van der Waals surface area (Å²) in [7, 11) is 2.18. The molecular weight excluding hydrogens is 290 g/mol. The Morgan fingerprint density at radius 1 is 1.13 bits per heavy atom. The molecule has 0 saturated carbocycles. The van der Waals surface area contributed by atoms with Crippen LogP contribution >= 0.6 is 0 Å². The molecule has 1 aliphatic heterocycles. The van der Waals surface area contributed by atoms with Crippen LogP contribution < -0.4 is 0 Å². The van der Waals surface area contributed by atoms with Gasteiger partial charge in [-0.25, -0.2) is 0 Å². The van der Waals surface area contributed by atoms with E-state index in [2.05, 4.69) is 22.9 Å². The summed E-state index contributed by atoms with van der Waals surface area (Å²) in [6.07, 6.45) is 3.24. The molecule has 5 heteroatoms. The molecule has 1 aliphatic rings. The van der Waals surface area contributed by atoms with Crippen LogP contribution in [-0.2, 0) is 6.42 Å². The molecule has 1 aromatic carbocycles. The average Bonchev–Trinajstić information content (AvgIpc) is 2.95.